The molecule has 0 spiro atoms. The van der Waals surface area contributed by atoms with E-state index in [9.17, 15) is 9.90 Å². The van der Waals surface area contributed by atoms with Gasteiger partial charge in [0.2, 0.25) is 0 Å². The van der Waals surface area contributed by atoms with Crippen LogP contribution < -0.4 is 0 Å². The topological polar surface area (TPSA) is 46.5 Å². The Morgan fingerprint density at radius 2 is 1.67 bits per heavy atom. The van der Waals surface area contributed by atoms with Crippen molar-refractivity contribution < 1.29 is 14.6 Å². The fraction of sp³-hybridized carbons (Fsp3) is 0.286. The lowest BCUT2D eigenvalue weighted by Gasteiger charge is -2.03. The second kappa shape index (κ2) is 11.1. The fourth-order valence-electron chi connectivity index (χ4n) is 2.19. The molecule has 0 unspecified atom stereocenters. The number of ether oxygens (including phenoxy) is 1. The van der Waals surface area contributed by atoms with Crippen LogP contribution >= 0.6 is 0 Å². The number of hydrogen-bond donors (Lipinski definition) is 1. The van der Waals surface area contributed by atoms with Crippen LogP contribution in [0.2, 0.25) is 0 Å². The van der Waals surface area contributed by atoms with Crippen LogP contribution in [-0.4, -0.2) is 17.7 Å². The average Bonchev–Trinajstić information content (AvgIpc) is 2.61. The normalized spacial score (nSPS) is 10.5. The van der Waals surface area contributed by atoms with Crippen LogP contribution in [0.3, 0.4) is 0 Å². The highest BCUT2D eigenvalue weighted by atomic mass is 16.5. The summed E-state index contributed by atoms with van der Waals surface area (Å²) in [6.45, 7) is 6.18. The lowest BCUT2D eigenvalue weighted by atomic mass is 10.1. The molecule has 1 N–H and O–H groups in total. The van der Waals surface area contributed by atoms with Crippen LogP contribution in [-0.2, 0) is 9.53 Å². The molecule has 0 bridgehead atoms. The van der Waals surface area contributed by atoms with Crippen molar-refractivity contribution in [3.8, 4) is 16.9 Å². The van der Waals surface area contributed by atoms with Crippen LogP contribution in [0.25, 0.3) is 11.1 Å². The summed E-state index contributed by atoms with van der Waals surface area (Å²) in [5.41, 5.74) is 2.71. The number of phenolic OH excluding ortho intramolecular Hbond substituents is 1. The molecule has 0 aliphatic carbocycles. The molecule has 3 heteroatoms. The molecule has 0 heterocycles. The zero-order chi connectivity index (χ0) is 17.8. The van der Waals surface area contributed by atoms with Crippen molar-refractivity contribution in [1.29, 1.82) is 0 Å². The van der Waals surface area contributed by atoms with E-state index >= 15 is 0 Å². The highest BCUT2D eigenvalue weighted by Gasteiger charge is 2.06. The van der Waals surface area contributed by atoms with E-state index in [1.165, 1.54) is 0 Å². The number of allylic oxidation sites excluding steroid dienone is 1. The Bertz CT molecular complexity index is 645. The quantitative estimate of drug-likeness (QED) is 0.594. The Hall–Kier alpha value is -2.55. The highest BCUT2D eigenvalue weighted by Crippen LogP contribution is 2.27. The van der Waals surface area contributed by atoms with Crippen molar-refractivity contribution >= 4 is 5.97 Å². The minimum Gasteiger partial charge on any atom is -0.507 e. The number of rotatable bonds is 5. The molecule has 0 saturated heterocycles. The van der Waals surface area contributed by atoms with E-state index in [1.54, 1.807) is 6.07 Å². The minimum atomic E-state index is -0.170. The van der Waals surface area contributed by atoms with Crippen molar-refractivity contribution in [1.82, 2.24) is 0 Å². The molecule has 128 valence electrons. The number of benzene rings is 2. The van der Waals surface area contributed by atoms with Gasteiger partial charge in [-0.05, 0) is 31.9 Å². The van der Waals surface area contributed by atoms with Crippen LogP contribution in [0, 0.1) is 0 Å². The Balaban J connectivity index is 0.000000245. The van der Waals surface area contributed by atoms with Gasteiger partial charge in [0, 0.05) is 11.1 Å². The van der Waals surface area contributed by atoms with Crippen molar-refractivity contribution in [2.75, 3.05) is 6.61 Å². The van der Waals surface area contributed by atoms with Gasteiger partial charge in [-0.25, -0.2) is 4.79 Å². The van der Waals surface area contributed by atoms with Crippen LogP contribution in [0.5, 0.6) is 5.75 Å². The second-order valence-electron chi connectivity index (χ2n) is 5.17. The summed E-state index contributed by atoms with van der Waals surface area (Å²) in [6, 6.07) is 17.2. The van der Waals surface area contributed by atoms with Crippen molar-refractivity contribution in [2.45, 2.75) is 33.6 Å². The van der Waals surface area contributed by atoms with E-state index in [-0.39, 0.29) is 5.97 Å². The predicted molar refractivity (Wildman–Crippen MR) is 98.8 cm³/mol. The summed E-state index contributed by atoms with van der Waals surface area (Å²) in [5, 5.41) is 9.56. The van der Waals surface area contributed by atoms with E-state index in [0.29, 0.717) is 12.4 Å². The van der Waals surface area contributed by atoms with Gasteiger partial charge in [0.25, 0.3) is 0 Å². The first-order chi connectivity index (χ1) is 11.6. The number of aromatic hydroxyl groups is 1. The second-order valence-corrected chi connectivity index (χ2v) is 5.17. The Labute approximate surface area is 144 Å². The average molecular weight is 326 g/mol. The summed E-state index contributed by atoms with van der Waals surface area (Å²) in [7, 11) is 0. The number of hydrogen-bond acceptors (Lipinski definition) is 3. The zero-order valence-electron chi connectivity index (χ0n) is 14.7. The molecule has 0 fully saturated rings. The summed E-state index contributed by atoms with van der Waals surface area (Å²) in [5.74, 6) is 0.158. The highest BCUT2D eigenvalue weighted by molar-refractivity contribution is 5.88. The van der Waals surface area contributed by atoms with Crippen LogP contribution in [0.15, 0.2) is 66.2 Å². The minimum absolute atomic E-state index is 0.170. The van der Waals surface area contributed by atoms with Crippen LogP contribution in [0.4, 0.5) is 0 Å². The molecule has 2 aromatic carbocycles. The molecule has 0 atom stereocenters. The third kappa shape index (κ3) is 6.29. The van der Waals surface area contributed by atoms with Gasteiger partial charge in [-0.15, -0.1) is 0 Å². The number of phenols is 1. The van der Waals surface area contributed by atoms with Gasteiger partial charge < -0.3 is 9.84 Å². The maximum atomic E-state index is 11.1. The first-order valence-corrected chi connectivity index (χ1v) is 8.29. The van der Waals surface area contributed by atoms with Gasteiger partial charge in [-0.2, -0.15) is 0 Å². The summed E-state index contributed by atoms with van der Waals surface area (Å²) < 4.78 is 4.84. The maximum absolute atomic E-state index is 11.1. The van der Waals surface area contributed by atoms with Gasteiger partial charge in [0.05, 0.1) is 6.61 Å². The Morgan fingerprint density at radius 3 is 2.21 bits per heavy atom. The molecule has 0 aliphatic rings. The molecular formula is C21H26O3. The molecule has 0 aromatic heterocycles. The van der Waals surface area contributed by atoms with E-state index < -0.39 is 0 Å². The largest absolute Gasteiger partial charge is 0.507 e. The van der Waals surface area contributed by atoms with E-state index in [2.05, 4.69) is 0 Å². The zero-order valence-corrected chi connectivity index (χ0v) is 14.7. The maximum Gasteiger partial charge on any atom is 0.333 e. The standard InChI is InChI=1S/C12H10O.C9H16O2/c13-12-9-5-4-8-11(12)10-6-2-1-3-7-10;1-4-7-8(5-2)9(10)11-6-3/h1-9,13H;5H,4,6-7H2,1-3H3. The monoisotopic (exact) mass is 326 g/mol. The first-order valence-electron chi connectivity index (χ1n) is 8.29. The number of para-hydroxylation sites is 1. The number of carbonyl (C=O) groups excluding carboxylic acids is 1. The van der Waals surface area contributed by atoms with Gasteiger partial charge >= 0.3 is 5.97 Å². The lowest BCUT2D eigenvalue weighted by Crippen LogP contribution is -2.07. The molecule has 2 aromatic rings. The Kier molecular flexibility index (Phi) is 8.98. The molecule has 2 rings (SSSR count). The fourth-order valence-corrected chi connectivity index (χ4v) is 2.19. The summed E-state index contributed by atoms with van der Waals surface area (Å²) in [6.07, 6.45) is 3.62. The molecule has 0 radical (unpaired) electrons. The molecule has 0 amide bonds. The van der Waals surface area contributed by atoms with Gasteiger partial charge in [0.1, 0.15) is 5.75 Å². The summed E-state index contributed by atoms with van der Waals surface area (Å²) >= 11 is 0. The molecular weight excluding hydrogens is 300 g/mol. The molecule has 0 saturated carbocycles. The summed E-state index contributed by atoms with van der Waals surface area (Å²) in [4.78, 5) is 11.1. The third-order valence-corrected chi connectivity index (χ3v) is 3.39. The first kappa shape index (κ1) is 19.5. The molecule has 3 nitrogen and oxygen atoms in total. The van der Waals surface area contributed by atoms with Gasteiger partial charge in [0.15, 0.2) is 0 Å². The number of carbonyl (C=O) groups is 1. The van der Waals surface area contributed by atoms with Gasteiger partial charge in [-0.1, -0.05) is 68.0 Å². The van der Waals surface area contributed by atoms with Gasteiger partial charge in [-0.3, -0.25) is 0 Å². The van der Waals surface area contributed by atoms with E-state index in [4.69, 9.17) is 4.74 Å². The molecule has 24 heavy (non-hydrogen) atoms. The smallest absolute Gasteiger partial charge is 0.333 e. The van der Waals surface area contributed by atoms with E-state index in [1.807, 2.05) is 75.4 Å². The predicted octanol–water partition coefficient (Wildman–Crippen LogP) is 5.36. The molecule has 0 aliphatic heterocycles. The van der Waals surface area contributed by atoms with Crippen molar-refractivity contribution in [2.24, 2.45) is 0 Å². The Morgan fingerprint density at radius 1 is 1.04 bits per heavy atom. The third-order valence-electron chi connectivity index (χ3n) is 3.39. The lowest BCUT2D eigenvalue weighted by molar-refractivity contribution is -0.138. The van der Waals surface area contributed by atoms with Crippen LogP contribution in [0.1, 0.15) is 33.6 Å². The van der Waals surface area contributed by atoms with Crippen molar-refractivity contribution in [3.05, 3.63) is 66.2 Å². The number of esters is 1. The van der Waals surface area contributed by atoms with Crippen molar-refractivity contribution in [3.63, 3.8) is 0 Å². The SMILES string of the molecule is CC=C(CCC)C(=O)OCC.Oc1ccccc1-c1ccccc1. The van der Waals surface area contributed by atoms with E-state index in [0.717, 1.165) is 29.5 Å².